The van der Waals surface area contributed by atoms with E-state index in [4.69, 9.17) is 0 Å². The minimum Gasteiger partial charge on any atom is -0.336 e. The third-order valence-corrected chi connectivity index (χ3v) is 3.90. The second kappa shape index (κ2) is 6.26. The molecule has 1 fully saturated rings. The molecule has 1 aromatic carbocycles. The zero-order valence-electron chi connectivity index (χ0n) is 11.8. The predicted molar refractivity (Wildman–Crippen MR) is 79.7 cm³/mol. The number of Topliss-reactive ketones (excluding diaryl/α,β-unsaturated/α-hetero) is 1. The van der Waals surface area contributed by atoms with Gasteiger partial charge in [0.2, 0.25) is 10.0 Å². The Hall–Kier alpha value is -1.89. The van der Waals surface area contributed by atoms with Crippen LogP contribution in [0.3, 0.4) is 0 Å². The number of hydrogen-bond donors (Lipinski definition) is 1. The van der Waals surface area contributed by atoms with E-state index in [2.05, 4.69) is 4.72 Å². The van der Waals surface area contributed by atoms with Crippen LogP contribution < -0.4 is 4.72 Å². The monoisotopic (exact) mass is 310 g/mol. The second-order valence-corrected chi connectivity index (χ2v) is 6.85. The fourth-order valence-corrected chi connectivity index (χ4v) is 2.90. The van der Waals surface area contributed by atoms with E-state index in [0.717, 1.165) is 25.5 Å². The Morgan fingerprint density at radius 3 is 2.33 bits per heavy atom. The van der Waals surface area contributed by atoms with Crippen LogP contribution >= 0.6 is 0 Å². The topological polar surface area (TPSA) is 83.5 Å². The number of likely N-dealkylation sites (tertiary alicyclic amines) is 1. The van der Waals surface area contributed by atoms with Gasteiger partial charge in [0, 0.05) is 13.1 Å². The van der Waals surface area contributed by atoms with Crippen molar-refractivity contribution < 1.29 is 18.0 Å². The summed E-state index contributed by atoms with van der Waals surface area (Å²) in [5, 5.41) is 0. The third-order valence-electron chi connectivity index (χ3n) is 3.30. The molecule has 0 radical (unpaired) electrons. The minimum atomic E-state index is -3.51. The number of ketones is 1. The Labute approximate surface area is 124 Å². The number of anilines is 1. The normalized spacial score (nSPS) is 15.6. The Morgan fingerprint density at radius 2 is 1.71 bits per heavy atom. The van der Waals surface area contributed by atoms with Gasteiger partial charge in [0.05, 0.1) is 17.5 Å². The summed E-state index contributed by atoms with van der Waals surface area (Å²) in [6, 6.07) is 6.13. The Kier molecular flexibility index (Phi) is 4.62. The van der Waals surface area contributed by atoms with Crippen molar-refractivity contribution in [3.63, 3.8) is 0 Å². The molecule has 1 aromatic rings. The molecule has 1 aliphatic heterocycles. The molecule has 0 aromatic heterocycles. The summed E-state index contributed by atoms with van der Waals surface area (Å²) in [7, 11) is -3.51. The molecule has 1 N–H and O–H groups in total. The number of hydrogen-bond acceptors (Lipinski definition) is 4. The highest BCUT2D eigenvalue weighted by molar-refractivity contribution is 7.92. The first-order valence-corrected chi connectivity index (χ1v) is 8.68. The maximum atomic E-state index is 12.3. The molecule has 0 bridgehead atoms. The van der Waals surface area contributed by atoms with Crippen molar-refractivity contribution in [3.05, 3.63) is 29.8 Å². The van der Waals surface area contributed by atoms with Crippen molar-refractivity contribution in [3.8, 4) is 0 Å². The SMILES string of the molecule is CS(=O)(=O)Nc1ccccc1C(=O)C(=O)N1CCCCC1. The van der Waals surface area contributed by atoms with Crippen molar-refractivity contribution in [2.45, 2.75) is 19.3 Å². The van der Waals surface area contributed by atoms with Gasteiger partial charge in [-0.2, -0.15) is 0 Å². The Morgan fingerprint density at radius 1 is 1.10 bits per heavy atom. The summed E-state index contributed by atoms with van der Waals surface area (Å²) in [6.07, 6.45) is 3.84. The van der Waals surface area contributed by atoms with E-state index in [1.807, 2.05) is 0 Å². The average molecular weight is 310 g/mol. The van der Waals surface area contributed by atoms with E-state index < -0.39 is 21.7 Å². The van der Waals surface area contributed by atoms with Gasteiger partial charge < -0.3 is 4.90 Å². The molecule has 114 valence electrons. The molecule has 1 aliphatic rings. The van der Waals surface area contributed by atoms with E-state index in [0.29, 0.717) is 13.1 Å². The van der Waals surface area contributed by atoms with Crippen LogP contribution in [0.25, 0.3) is 0 Å². The van der Waals surface area contributed by atoms with Crippen molar-refractivity contribution >= 4 is 27.4 Å². The summed E-state index contributed by atoms with van der Waals surface area (Å²) >= 11 is 0. The molecular formula is C14H18N2O4S. The fourth-order valence-electron chi connectivity index (χ4n) is 2.33. The number of piperidine rings is 1. The predicted octanol–water partition coefficient (Wildman–Crippen LogP) is 1.25. The maximum absolute atomic E-state index is 12.3. The van der Waals surface area contributed by atoms with Gasteiger partial charge in [0.1, 0.15) is 0 Å². The summed E-state index contributed by atoms with van der Waals surface area (Å²) in [5.41, 5.74) is 0.217. The molecule has 0 atom stereocenters. The second-order valence-electron chi connectivity index (χ2n) is 5.10. The van der Waals surface area contributed by atoms with Crippen LogP contribution in [0.15, 0.2) is 24.3 Å². The molecule has 0 spiro atoms. The number of amides is 1. The average Bonchev–Trinajstić information content (AvgIpc) is 2.45. The molecule has 2 rings (SSSR count). The molecule has 6 nitrogen and oxygen atoms in total. The first kappa shape index (κ1) is 15.5. The lowest BCUT2D eigenvalue weighted by Crippen LogP contribution is -2.40. The number of carbonyl (C=O) groups excluding carboxylic acids is 2. The number of benzene rings is 1. The van der Waals surface area contributed by atoms with Gasteiger partial charge in [0.15, 0.2) is 0 Å². The molecule has 0 unspecified atom stereocenters. The lowest BCUT2D eigenvalue weighted by molar-refractivity contribution is -0.127. The van der Waals surface area contributed by atoms with Crippen LogP contribution in [0.5, 0.6) is 0 Å². The summed E-state index contributed by atoms with van der Waals surface area (Å²) < 4.78 is 24.9. The van der Waals surface area contributed by atoms with E-state index in [-0.39, 0.29) is 11.3 Å². The van der Waals surface area contributed by atoms with Gasteiger partial charge in [-0.15, -0.1) is 0 Å². The van der Waals surface area contributed by atoms with E-state index >= 15 is 0 Å². The van der Waals surface area contributed by atoms with Gasteiger partial charge in [-0.05, 0) is 31.4 Å². The largest absolute Gasteiger partial charge is 0.336 e. The van der Waals surface area contributed by atoms with Gasteiger partial charge in [-0.25, -0.2) is 8.42 Å². The maximum Gasteiger partial charge on any atom is 0.295 e. The van der Waals surface area contributed by atoms with Crippen LogP contribution in [0.1, 0.15) is 29.6 Å². The first-order valence-electron chi connectivity index (χ1n) is 6.79. The smallest absolute Gasteiger partial charge is 0.295 e. The van der Waals surface area contributed by atoms with E-state index in [1.165, 1.54) is 17.0 Å². The quantitative estimate of drug-likeness (QED) is 0.670. The van der Waals surface area contributed by atoms with Crippen molar-refractivity contribution in [2.75, 3.05) is 24.1 Å². The molecule has 1 saturated heterocycles. The number of nitrogens with zero attached hydrogens (tertiary/aromatic N) is 1. The van der Waals surface area contributed by atoms with Crippen LogP contribution in [-0.2, 0) is 14.8 Å². The van der Waals surface area contributed by atoms with E-state index in [1.54, 1.807) is 12.1 Å². The zero-order valence-corrected chi connectivity index (χ0v) is 12.6. The van der Waals surface area contributed by atoms with Gasteiger partial charge in [-0.3, -0.25) is 14.3 Å². The number of sulfonamides is 1. The van der Waals surface area contributed by atoms with Crippen molar-refractivity contribution in [2.24, 2.45) is 0 Å². The lowest BCUT2D eigenvalue weighted by Gasteiger charge is -2.26. The number of rotatable bonds is 4. The highest BCUT2D eigenvalue weighted by Crippen LogP contribution is 2.19. The standard InChI is InChI=1S/C14H18N2O4S/c1-21(19,20)15-12-8-4-3-7-11(12)13(17)14(18)16-9-5-2-6-10-16/h3-4,7-8,15H,2,5-6,9-10H2,1H3. The molecule has 21 heavy (non-hydrogen) atoms. The molecule has 1 heterocycles. The van der Waals surface area contributed by atoms with Crippen LogP contribution in [0.2, 0.25) is 0 Å². The van der Waals surface area contributed by atoms with Crippen molar-refractivity contribution in [1.82, 2.24) is 4.90 Å². The highest BCUT2D eigenvalue weighted by atomic mass is 32.2. The summed E-state index contributed by atoms with van der Waals surface area (Å²) in [6.45, 7) is 1.15. The molecule has 7 heteroatoms. The number of nitrogens with one attached hydrogen (secondary N) is 1. The van der Waals surface area contributed by atoms with Crippen LogP contribution in [-0.4, -0.2) is 44.4 Å². The van der Waals surface area contributed by atoms with Crippen LogP contribution in [0, 0.1) is 0 Å². The molecule has 1 amide bonds. The van der Waals surface area contributed by atoms with Gasteiger partial charge in [0.25, 0.3) is 11.7 Å². The first-order chi connectivity index (χ1) is 9.88. The van der Waals surface area contributed by atoms with Gasteiger partial charge in [-0.1, -0.05) is 12.1 Å². The van der Waals surface area contributed by atoms with E-state index in [9.17, 15) is 18.0 Å². The number of para-hydroxylation sites is 1. The Balaban J connectivity index is 2.24. The number of carbonyl (C=O) groups is 2. The fraction of sp³-hybridized carbons (Fsp3) is 0.429. The summed E-state index contributed by atoms with van der Waals surface area (Å²) in [5.74, 6) is -1.25. The Bertz CT molecular complexity index is 649. The molecule has 0 aliphatic carbocycles. The minimum absolute atomic E-state index is 0.0819. The van der Waals surface area contributed by atoms with Crippen molar-refractivity contribution in [1.29, 1.82) is 0 Å². The lowest BCUT2D eigenvalue weighted by atomic mass is 10.1. The third kappa shape index (κ3) is 4.04. The highest BCUT2D eigenvalue weighted by Gasteiger charge is 2.26. The summed E-state index contributed by atoms with van der Waals surface area (Å²) in [4.78, 5) is 26.1. The molecular weight excluding hydrogens is 292 g/mol. The zero-order chi connectivity index (χ0) is 15.5. The molecule has 0 saturated carbocycles. The van der Waals surface area contributed by atoms with Crippen LogP contribution in [0.4, 0.5) is 5.69 Å². The van der Waals surface area contributed by atoms with Gasteiger partial charge >= 0.3 is 0 Å².